The number of ether oxygens (including phenoxy) is 2. The first kappa shape index (κ1) is 65.1. The van der Waals surface area contributed by atoms with Gasteiger partial charge in [-0.25, -0.2) is 8.78 Å². The Morgan fingerprint density at radius 3 is 1.36 bits per heavy atom. The Kier molecular flexibility index (Phi) is 21.5. The highest BCUT2D eigenvalue weighted by Crippen LogP contribution is 2.53. The summed E-state index contributed by atoms with van der Waals surface area (Å²) in [4.78, 5) is 83.4. The molecule has 0 spiro atoms. The number of nitrogens with zero attached hydrogens (tertiary/aromatic N) is 4. The van der Waals surface area contributed by atoms with Crippen molar-refractivity contribution in [2.24, 2.45) is 0 Å². The van der Waals surface area contributed by atoms with Crippen LogP contribution in [0.1, 0.15) is 115 Å². The fourth-order valence-electron chi connectivity index (χ4n) is 9.62. The molecule has 4 aromatic carbocycles. The molecule has 4 amide bonds. The molecule has 6 aromatic rings. The maximum atomic E-state index is 14.3. The molecule has 0 radical (unpaired) electrons. The second-order valence-electron chi connectivity index (χ2n) is 20.4. The largest absolute Gasteiger partial charge is 0.541 e. The third-order valence-electron chi connectivity index (χ3n) is 12.7. The van der Waals surface area contributed by atoms with Gasteiger partial charge in [0.15, 0.2) is 18.4 Å². The van der Waals surface area contributed by atoms with Crippen molar-refractivity contribution < 1.29 is 74.9 Å². The summed E-state index contributed by atoms with van der Waals surface area (Å²) in [6.45, 7) is 22.1. The van der Waals surface area contributed by atoms with E-state index < -0.39 is 83.9 Å². The molecule has 0 saturated carbocycles. The molecular formula is C55H69BrF2N4O14P2Si2. The number of imide groups is 2. The second-order valence-corrected chi connectivity index (χ2v) is 40.7. The molecule has 2 aromatic heterocycles. The van der Waals surface area contributed by atoms with E-state index in [0.717, 1.165) is 9.80 Å². The second kappa shape index (κ2) is 26.4. The number of hydrogen-bond donors (Lipinski definition) is 3. The molecule has 80 heavy (non-hydrogen) atoms. The summed E-state index contributed by atoms with van der Waals surface area (Å²) in [5, 5.41) is 11.2. The van der Waals surface area contributed by atoms with E-state index >= 15 is 0 Å². The van der Waals surface area contributed by atoms with Gasteiger partial charge in [-0.3, -0.25) is 48.1 Å². The lowest BCUT2D eigenvalue weighted by molar-refractivity contribution is 0.0625. The number of fused-ring (bicyclic) bond motifs is 4. The molecule has 8 rings (SSSR count). The van der Waals surface area contributed by atoms with Crippen LogP contribution >= 0.6 is 30.5 Å². The highest BCUT2D eigenvalue weighted by atomic mass is 79.9. The smallest absolute Gasteiger partial charge is 0.367 e. The monoisotopic (exact) mass is 1240 g/mol. The fraction of sp³-hybridized carbons (Fsp3) is 0.382. The van der Waals surface area contributed by atoms with Gasteiger partial charge in [-0.1, -0.05) is 92.9 Å². The van der Waals surface area contributed by atoms with E-state index in [9.17, 15) is 42.2 Å². The first-order chi connectivity index (χ1) is 37.0. The molecule has 432 valence electrons. The Morgan fingerprint density at radius 2 is 0.963 bits per heavy atom. The number of rotatable bonds is 19. The Hall–Kier alpha value is -5.75. The van der Waals surface area contributed by atoms with Crippen LogP contribution in [0.25, 0.3) is 21.8 Å². The molecule has 0 saturated heterocycles. The van der Waals surface area contributed by atoms with Crippen molar-refractivity contribution in [3.05, 3.63) is 130 Å². The molecule has 2 aliphatic rings. The Balaban J connectivity index is 0.000000283. The van der Waals surface area contributed by atoms with Crippen LogP contribution in [0.2, 0.25) is 36.3 Å². The van der Waals surface area contributed by atoms with E-state index in [1.807, 2.05) is 0 Å². The summed E-state index contributed by atoms with van der Waals surface area (Å²) in [5.74, 6) is -4.21. The van der Waals surface area contributed by atoms with Crippen LogP contribution < -0.4 is 13.9 Å². The molecule has 0 fully saturated rings. The highest BCUT2D eigenvalue weighted by Gasteiger charge is 2.51. The van der Waals surface area contributed by atoms with Gasteiger partial charge in [-0.05, 0) is 90.1 Å². The van der Waals surface area contributed by atoms with Crippen molar-refractivity contribution >= 4 is 90.9 Å². The average Bonchev–Trinajstić information content (AvgIpc) is 3.93. The summed E-state index contributed by atoms with van der Waals surface area (Å²) >= 11 is 3.51. The van der Waals surface area contributed by atoms with Gasteiger partial charge in [-0.2, -0.15) is 0 Å². The van der Waals surface area contributed by atoms with E-state index in [2.05, 4.69) is 86.4 Å². The summed E-state index contributed by atoms with van der Waals surface area (Å²) < 4.78 is 80.9. The first-order valence-corrected chi connectivity index (χ1v) is 36.8. The Morgan fingerprint density at radius 1 is 0.600 bits per heavy atom. The fourth-order valence-corrected chi connectivity index (χ4v) is 16.5. The molecule has 0 bridgehead atoms. The van der Waals surface area contributed by atoms with Crippen molar-refractivity contribution in [1.82, 2.24) is 19.8 Å². The zero-order chi connectivity index (χ0) is 58.5. The van der Waals surface area contributed by atoms with E-state index in [1.54, 1.807) is 32.2 Å². The third kappa shape index (κ3) is 14.5. The quantitative estimate of drug-likeness (QED) is 0.0295. The predicted molar refractivity (Wildman–Crippen MR) is 311 cm³/mol. The van der Waals surface area contributed by atoms with Crippen LogP contribution in [-0.4, -0.2) is 99.2 Å². The van der Waals surface area contributed by atoms with Crippen molar-refractivity contribution in [1.29, 1.82) is 0 Å². The van der Waals surface area contributed by atoms with Crippen LogP contribution in [0.3, 0.4) is 0 Å². The number of carbonyl (C=O) groups excluding carboxylic acids is 4. The van der Waals surface area contributed by atoms with Gasteiger partial charge >= 0.3 is 15.2 Å². The van der Waals surface area contributed by atoms with Crippen LogP contribution in [-0.2, 0) is 31.3 Å². The zero-order valence-electron chi connectivity index (χ0n) is 45.7. The number of phenols is 1. The minimum Gasteiger partial charge on any atom is -0.541 e. The zero-order valence-corrected chi connectivity index (χ0v) is 51.1. The Bertz CT molecular complexity index is 3330. The standard InChI is InChI=1S/C32H42FN2O7PSi.C19H14FN2O7P.C3H9BrSi.CH4/c1-9-40-43(38,41-10-2)19-39-29-25-12-11-17-34-28(25)30(42-44(20(3)4,21(5)6)22(7)8)27-26(29)31(36)35(32(27)37)18-23-13-15-24(33)16-14-23;20-11-5-3-10(4-6-11)8-22-18(24)13-14(19(22)25)17(29-9-30(26,27)28)12-2-1-7-21-15(12)16(13)23;1-5(2,3)4;/h11-17,20-22H,9-10,18-19H2,1-8H3;1-7,23H,8-9H2,(H2,26,27,28);1-3H3;1H4. The molecule has 25 heteroatoms. The normalized spacial score (nSPS) is 13.6. The maximum Gasteiger partial charge on any atom is 0.367 e. The Labute approximate surface area is 474 Å². The lowest BCUT2D eigenvalue weighted by Gasteiger charge is -2.42. The van der Waals surface area contributed by atoms with Gasteiger partial charge in [0.2, 0.25) is 0 Å². The van der Waals surface area contributed by atoms with Gasteiger partial charge in [-0.15, -0.1) is 15.3 Å². The molecule has 3 N–H and O–H groups in total. The molecule has 4 heterocycles. The van der Waals surface area contributed by atoms with E-state index in [0.29, 0.717) is 22.0 Å². The lowest BCUT2D eigenvalue weighted by atomic mass is 10.0. The number of halogens is 3. The van der Waals surface area contributed by atoms with Crippen molar-refractivity contribution in [3.63, 3.8) is 0 Å². The molecular weight excluding hydrogens is 1180 g/mol. The first-order valence-electron chi connectivity index (χ1n) is 25.3. The number of pyridine rings is 2. The number of aromatic hydroxyl groups is 1. The topological polar surface area (TPSA) is 242 Å². The minimum absolute atomic E-state index is 0. The maximum absolute atomic E-state index is 14.3. The number of benzene rings is 4. The number of aromatic nitrogens is 2. The average molecular weight is 1250 g/mol. The molecule has 18 nitrogen and oxygen atoms in total. The summed E-state index contributed by atoms with van der Waals surface area (Å²) in [6.07, 6.45) is 1.43. The number of phenolic OH excluding ortho intramolecular Hbond substituents is 1. The van der Waals surface area contributed by atoms with Crippen LogP contribution in [0.15, 0.2) is 85.2 Å². The van der Waals surface area contributed by atoms with Gasteiger partial charge in [0, 0.05) is 23.2 Å². The van der Waals surface area contributed by atoms with Crippen molar-refractivity contribution in [2.75, 3.05) is 25.9 Å². The SMILES string of the molecule is C.CCOP(=O)(COc1c2c(c(O[Si](C(C)C)(C(C)C)C(C)C)c3ncccc13)C(=O)N(Cc1ccc(F)cc1)C2=O)OCC.C[Si](C)(C)Br.O=C1c2c(c(O)c3ncccc3c2OCP(=O)(O)O)C(=O)N1Cc1ccc(F)cc1. The molecule has 0 unspecified atom stereocenters. The molecule has 0 aliphatic carbocycles. The minimum atomic E-state index is -4.61. The van der Waals surface area contributed by atoms with Crippen molar-refractivity contribution in [2.45, 2.75) is 112 Å². The summed E-state index contributed by atoms with van der Waals surface area (Å²) in [6, 6.07) is 17.1. The predicted octanol–water partition coefficient (Wildman–Crippen LogP) is 13.6. The van der Waals surface area contributed by atoms with Gasteiger partial charge in [0.1, 0.15) is 52.2 Å². The summed E-state index contributed by atoms with van der Waals surface area (Å²) in [7, 11) is -11.0. The lowest BCUT2D eigenvalue weighted by Crippen LogP contribution is -2.51. The van der Waals surface area contributed by atoms with Crippen LogP contribution in [0, 0.1) is 11.6 Å². The van der Waals surface area contributed by atoms with Crippen LogP contribution in [0.5, 0.6) is 23.0 Å². The van der Waals surface area contributed by atoms with Gasteiger partial charge in [0.25, 0.3) is 31.9 Å². The number of hydrogen-bond acceptors (Lipinski definition) is 14. The van der Waals surface area contributed by atoms with Gasteiger partial charge < -0.3 is 37.8 Å². The van der Waals surface area contributed by atoms with Crippen molar-refractivity contribution in [3.8, 4) is 23.0 Å². The van der Waals surface area contributed by atoms with Gasteiger partial charge in [0.05, 0.1) is 43.0 Å². The highest BCUT2D eigenvalue weighted by molar-refractivity contribution is 9.26. The van der Waals surface area contributed by atoms with E-state index in [1.165, 1.54) is 66.9 Å². The number of amides is 4. The number of carbonyl (C=O) groups is 4. The van der Waals surface area contributed by atoms with Crippen LogP contribution in [0.4, 0.5) is 8.78 Å². The third-order valence-corrected chi connectivity index (χ3v) is 20.9. The van der Waals surface area contributed by atoms with E-state index in [4.69, 9.17) is 32.7 Å². The molecule has 0 atom stereocenters. The summed E-state index contributed by atoms with van der Waals surface area (Å²) in [5.41, 5.74) is 1.23. The van der Waals surface area contributed by atoms with E-state index in [-0.39, 0.29) is 101 Å². The molecule has 2 aliphatic heterocycles.